The van der Waals surface area contributed by atoms with E-state index in [-0.39, 0.29) is 6.04 Å². The molecule has 0 spiro atoms. The molecule has 1 unspecified atom stereocenters. The Bertz CT molecular complexity index is 731. The van der Waals surface area contributed by atoms with E-state index in [1.165, 1.54) is 0 Å². The van der Waals surface area contributed by atoms with Crippen molar-refractivity contribution in [2.45, 2.75) is 45.7 Å². The van der Waals surface area contributed by atoms with Crippen molar-refractivity contribution in [3.63, 3.8) is 0 Å². The third-order valence-corrected chi connectivity index (χ3v) is 4.04. The summed E-state index contributed by atoms with van der Waals surface area (Å²) in [5, 5.41) is 11.3. The van der Waals surface area contributed by atoms with E-state index < -0.39 is 0 Å². The molecule has 3 rings (SSSR count). The van der Waals surface area contributed by atoms with E-state index in [0.717, 1.165) is 61.3 Å². The molecule has 1 aliphatic rings. The van der Waals surface area contributed by atoms with Gasteiger partial charge in [-0.05, 0) is 38.8 Å². The Labute approximate surface area is 148 Å². The number of rotatable bonds is 6. The summed E-state index contributed by atoms with van der Waals surface area (Å²) >= 11 is 0. The van der Waals surface area contributed by atoms with Gasteiger partial charge in [0.15, 0.2) is 5.96 Å². The van der Waals surface area contributed by atoms with Crippen LogP contribution >= 0.6 is 0 Å². The van der Waals surface area contributed by atoms with Crippen molar-refractivity contribution < 1.29 is 4.42 Å². The second kappa shape index (κ2) is 8.00. The van der Waals surface area contributed by atoms with Crippen LogP contribution in [0.25, 0.3) is 0 Å². The molecular formula is C18H26N6O. The van der Waals surface area contributed by atoms with Gasteiger partial charge in [-0.1, -0.05) is 12.2 Å². The van der Waals surface area contributed by atoms with Crippen LogP contribution in [0.15, 0.2) is 40.0 Å². The first-order valence-corrected chi connectivity index (χ1v) is 8.75. The van der Waals surface area contributed by atoms with Crippen LogP contribution in [0.3, 0.4) is 0 Å². The third kappa shape index (κ3) is 4.71. The molecule has 0 aromatic carbocycles. The number of hydrogen-bond donors (Lipinski definition) is 2. The molecular weight excluding hydrogens is 316 g/mol. The van der Waals surface area contributed by atoms with E-state index in [2.05, 4.69) is 32.3 Å². The van der Waals surface area contributed by atoms with E-state index >= 15 is 0 Å². The van der Waals surface area contributed by atoms with E-state index in [0.29, 0.717) is 6.54 Å². The summed E-state index contributed by atoms with van der Waals surface area (Å²) in [6, 6.07) is 4.00. The number of furan rings is 1. The Balaban J connectivity index is 1.65. The molecule has 0 fully saturated rings. The molecule has 0 saturated heterocycles. The number of aromatic nitrogens is 3. The normalized spacial score (nSPS) is 17.2. The van der Waals surface area contributed by atoms with Gasteiger partial charge in [0, 0.05) is 19.5 Å². The number of aliphatic imine (C=N–C) groups is 1. The highest BCUT2D eigenvalue weighted by Gasteiger charge is 2.24. The Kier molecular flexibility index (Phi) is 5.53. The fraction of sp³-hybridized carbons (Fsp3) is 0.500. The average Bonchev–Trinajstić information content (AvgIpc) is 3.21. The van der Waals surface area contributed by atoms with Crippen molar-refractivity contribution in [1.29, 1.82) is 0 Å². The van der Waals surface area contributed by atoms with Crippen molar-refractivity contribution in [2.75, 3.05) is 13.1 Å². The highest BCUT2D eigenvalue weighted by atomic mass is 16.3. The zero-order chi connectivity index (χ0) is 17.6. The quantitative estimate of drug-likeness (QED) is 0.479. The van der Waals surface area contributed by atoms with Gasteiger partial charge in [-0.25, -0.2) is 14.7 Å². The molecule has 2 aromatic heterocycles. The Hall–Kier alpha value is -2.57. The van der Waals surface area contributed by atoms with E-state index in [4.69, 9.17) is 4.42 Å². The van der Waals surface area contributed by atoms with Gasteiger partial charge in [0.05, 0.1) is 18.8 Å². The molecule has 7 heteroatoms. The van der Waals surface area contributed by atoms with Gasteiger partial charge in [0.25, 0.3) is 0 Å². The van der Waals surface area contributed by atoms with Crippen LogP contribution in [0.2, 0.25) is 0 Å². The van der Waals surface area contributed by atoms with Gasteiger partial charge < -0.3 is 15.1 Å². The molecule has 2 aromatic rings. The first-order chi connectivity index (χ1) is 12.1. The summed E-state index contributed by atoms with van der Waals surface area (Å²) in [5.74, 6) is 3.53. The predicted molar refractivity (Wildman–Crippen MR) is 97.4 cm³/mol. The molecule has 0 saturated carbocycles. The monoisotopic (exact) mass is 342 g/mol. The number of aryl methyl sites for hydroxylation is 2. The molecule has 0 aliphatic carbocycles. The lowest BCUT2D eigenvalue weighted by Gasteiger charge is -2.25. The summed E-state index contributed by atoms with van der Waals surface area (Å²) in [7, 11) is 0. The van der Waals surface area contributed by atoms with Crippen molar-refractivity contribution in [2.24, 2.45) is 4.99 Å². The Morgan fingerprint density at radius 1 is 1.52 bits per heavy atom. The number of fused-ring (bicyclic) bond motifs is 1. The van der Waals surface area contributed by atoms with E-state index in [1.807, 2.05) is 30.7 Å². The highest BCUT2D eigenvalue weighted by molar-refractivity contribution is 5.80. The van der Waals surface area contributed by atoms with Crippen molar-refractivity contribution in [3.8, 4) is 0 Å². The largest absolute Gasteiger partial charge is 0.469 e. The van der Waals surface area contributed by atoms with Crippen molar-refractivity contribution >= 4 is 5.96 Å². The minimum Gasteiger partial charge on any atom is -0.469 e. The third-order valence-electron chi connectivity index (χ3n) is 4.04. The predicted octanol–water partition coefficient (Wildman–Crippen LogP) is 2.37. The summed E-state index contributed by atoms with van der Waals surface area (Å²) in [4.78, 5) is 9.20. The molecule has 134 valence electrons. The maximum atomic E-state index is 5.38. The summed E-state index contributed by atoms with van der Waals surface area (Å²) < 4.78 is 7.37. The van der Waals surface area contributed by atoms with Crippen LogP contribution in [0, 0.1) is 6.92 Å². The molecule has 7 nitrogen and oxygen atoms in total. The smallest absolute Gasteiger partial charge is 0.192 e. The second-order valence-electron chi connectivity index (χ2n) is 6.46. The molecule has 3 heterocycles. The SMILES string of the molecule is C=C(C)CN=C(NCCc1ccco1)NC1CCCn2nc(C)nc21. The minimum atomic E-state index is 0.120. The second-order valence-corrected chi connectivity index (χ2v) is 6.46. The number of hydrogen-bond acceptors (Lipinski definition) is 4. The Morgan fingerprint density at radius 3 is 3.16 bits per heavy atom. The lowest BCUT2D eigenvalue weighted by Crippen LogP contribution is -2.42. The molecule has 2 N–H and O–H groups in total. The van der Waals surface area contributed by atoms with Crippen LogP contribution < -0.4 is 10.6 Å². The van der Waals surface area contributed by atoms with Crippen LogP contribution in [0.1, 0.15) is 43.2 Å². The number of nitrogens with zero attached hydrogens (tertiary/aromatic N) is 4. The van der Waals surface area contributed by atoms with Crippen LogP contribution in [0.4, 0.5) is 0 Å². The van der Waals surface area contributed by atoms with Crippen molar-refractivity contribution in [3.05, 3.63) is 48.0 Å². The fourth-order valence-electron chi connectivity index (χ4n) is 2.90. The van der Waals surface area contributed by atoms with E-state index in [9.17, 15) is 0 Å². The van der Waals surface area contributed by atoms with Gasteiger partial charge in [-0.3, -0.25) is 0 Å². The van der Waals surface area contributed by atoms with Gasteiger partial charge in [-0.2, -0.15) is 5.10 Å². The maximum Gasteiger partial charge on any atom is 0.192 e. The number of guanidine groups is 1. The molecule has 0 bridgehead atoms. The summed E-state index contributed by atoms with van der Waals surface area (Å²) in [6.45, 7) is 10.1. The molecule has 0 radical (unpaired) electrons. The maximum absolute atomic E-state index is 5.38. The van der Waals surface area contributed by atoms with Crippen LogP contribution in [-0.4, -0.2) is 33.8 Å². The fourth-order valence-corrected chi connectivity index (χ4v) is 2.90. The zero-order valence-corrected chi connectivity index (χ0v) is 15.0. The first kappa shape index (κ1) is 17.3. The molecule has 0 amide bonds. The standard InChI is InChI=1S/C18H26N6O/c1-13(2)12-20-18(19-9-8-15-6-5-11-25-15)22-16-7-4-10-24-17(16)21-14(3)23-24/h5-6,11,16H,1,4,7-10,12H2,2-3H3,(H2,19,20,22). The van der Waals surface area contributed by atoms with E-state index in [1.54, 1.807) is 6.26 Å². The molecule has 1 atom stereocenters. The average molecular weight is 342 g/mol. The van der Waals surface area contributed by atoms with Gasteiger partial charge in [0.2, 0.25) is 0 Å². The lowest BCUT2D eigenvalue weighted by molar-refractivity contribution is 0.397. The number of nitrogens with one attached hydrogen (secondary N) is 2. The van der Waals surface area contributed by atoms with Gasteiger partial charge >= 0.3 is 0 Å². The van der Waals surface area contributed by atoms with Gasteiger partial charge in [-0.15, -0.1) is 0 Å². The molecule has 1 aliphatic heterocycles. The Morgan fingerprint density at radius 2 is 2.40 bits per heavy atom. The summed E-state index contributed by atoms with van der Waals surface area (Å²) in [6.07, 6.45) is 4.60. The van der Waals surface area contributed by atoms with Crippen LogP contribution in [0.5, 0.6) is 0 Å². The first-order valence-electron chi connectivity index (χ1n) is 8.75. The van der Waals surface area contributed by atoms with Crippen molar-refractivity contribution in [1.82, 2.24) is 25.4 Å². The topological polar surface area (TPSA) is 80.3 Å². The van der Waals surface area contributed by atoms with Crippen LogP contribution in [-0.2, 0) is 13.0 Å². The zero-order valence-electron chi connectivity index (χ0n) is 15.0. The van der Waals surface area contributed by atoms with Gasteiger partial charge in [0.1, 0.15) is 17.4 Å². The lowest BCUT2D eigenvalue weighted by atomic mass is 10.1. The molecule has 25 heavy (non-hydrogen) atoms. The highest BCUT2D eigenvalue weighted by Crippen LogP contribution is 2.22. The minimum absolute atomic E-state index is 0.120. The summed E-state index contributed by atoms with van der Waals surface area (Å²) in [5.41, 5.74) is 1.02.